The number of sulfone groups is 1. The Hall–Kier alpha value is -2.89. The van der Waals surface area contributed by atoms with Gasteiger partial charge >= 0.3 is 0 Å². The molecule has 7 nitrogen and oxygen atoms in total. The molecule has 3 aromatic rings. The van der Waals surface area contributed by atoms with E-state index in [9.17, 15) is 13.5 Å². The van der Waals surface area contributed by atoms with Crippen molar-refractivity contribution in [1.82, 2.24) is 9.55 Å². The smallest absolute Gasteiger partial charge is 0.150 e. The molecule has 1 fully saturated rings. The van der Waals surface area contributed by atoms with Gasteiger partial charge in [-0.2, -0.15) is 5.26 Å². The number of benzene rings is 2. The number of nitrogens with zero attached hydrogens (tertiary/aromatic N) is 3. The normalized spacial score (nSPS) is 18.6. The Balaban J connectivity index is 1.45. The van der Waals surface area contributed by atoms with Gasteiger partial charge in [-0.1, -0.05) is 24.3 Å². The molecule has 0 radical (unpaired) electrons. The second-order valence-electron chi connectivity index (χ2n) is 8.04. The fraction of sp³-hybridized carbons (Fsp3) is 0.391. The lowest BCUT2D eigenvalue weighted by Crippen LogP contribution is -2.25. The van der Waals surface area contributed by atoms with Gasteiger partial charge in [0, 0.05) is 6.42 Å². The Morgan fingerprint density at radius 1 is 1.23 bits per heavy atom. The number of rotatable bonds is 8. The van der Waals surface area contributed by atoms with E-state index in [1.807, 2.05) is 41.0 Å². The molecule has 2 heterocycles. The van der Waals surface area contributed by atoms with Gasteiger partial charge in [0.25, 0.3) is 0 Å². The van der Waals surface area contributed by atoms with E-state index in [0.29, 0.717) is 31.6 Å². The third kappa shape index (κ3) is 5.24. The zero-order valence-electron chi connectivity index (χ0n) is 17.1. The Morgan fingerprint density at radius 3 is 2.71 bits per heavy atom. The van der Waals surface area contributed by atoms with Crippen LogP contribution in [0.5, 0.6) is 5.75 Å². The van der Waals surface area contributed by atoms with Gasteiger partial charge in [-0.3, -0.25) is 0 Å². The van der Waals surface area contributed by atoms with E-state index in [4.69, 9.17) is 15.0 Å². The average molecular weight is 440 g/mol. The molecule has 1 N–H and O–H groups in total. The largest absolute Gasteiger partial charge is 0.491 e. The number of aromatic nitrogens is 2. The molecule has 0 spiro atoms. The van der Waals surface area contributed by atoms with Crippen LogP contribution < -0.4 is 4.74 Å². The lowest BCUT2D eigenvalue weighted by molar-refractivity contribution is 0.0926. The molecule has 0 aliphatic carbocycles. The van der Waals surface area contributed by atoms with Crippen molar-refractivity contribution in [2.24, 2.45) is 5.92 Å². The van der Waals surface area contributed by atoms with E-state index in [1.165, 1.54) is 0 Å². The Morgan fingerprint density at radius 2 is 2.00 bits per heavy atom. The van der Waals surface area contributed by atoms with Crippen molar-refractivity contribution < 1.29 is 18.3 Å². The number of hydrogen-bond acceptors (Lipinski definition) is 6. The second-order valence-corrected chi connectivity index (χ2v) is 10.3. The fourth-order valence-electron chi connectivity index (χ4n) is 4.03. The number of para-hydroxylation sites is 2. The third-order valence-corrected chi connectivity index (χ3v) is 7.41. The minimum absolute atomic E-state index is 0.0564. The van der Waals surface area contributed by atoms with Crippen molar-refractivity contribution in [2.75, 3.05) is 18.1 Å². The van der Waals surface area contributed by atoms with Crippen LogP contribution in [0.15, 0.2) is 48.5 Å². The fourth-order valence-corrected chi connectivity index (χ4v) is 5.89. The van der Waals surface area contributed by atoms with Crippen molar-refractivity contribution in [3.63, 3.8) is 0 Å². The topological polar surface area (TPSA) is 105 Å². The molecule has 1 aliphatic heterocycles. The van der Waals surface area contributed by atoms with E-state index in [2.05, 4.69) is 6.07 Å². The summed E-state index contributed by atoms with van der Waals surface area (Å²) in [7, 11) is -2.95. The zero-order chi connectivity index (χ0) is 21.8. The van der Waals surface area contributed by atoms with Gasteiger partial charge < -0.3 is 14.4 Å². The molecule has 2 unspecified atom stereocenters. The van der Waals surface area contributed by atoms with E-state index >= 15 is 0 Å². The van der Waals surface area contributed by atoms with Gasteiger partial charge in [0.15, 0.2) is 9.84 Å². The van der Waals surface area contributed by atoms with Gasteiger partial charge in [-0.25, -0.2) is 13.4 Å². The third-order valence-electron chi connectivity index (χ3n) is 5.57. The maximum Gasteiger partial charge on any atom is 0.150 e. The Kier molecular flexibility index (Phi) is 6.25. The molecule has 2 aromatic carbocycles. The highest BCUT2D eigenvalue weighted by molar-refractivity contribution is 7.91. The number of aliphatic hydroxyl groups is 1. The molecule has 1 aliphatic rings. The Bertz CT molecular complexity index is 1200. The second kappa shape index (κ2) is 9.08. The van der Waals surface area contributed by atoms with Gasteiger partial charge in [0.1, 0.15) is 24.3 Å². The predicted molar refractivity (Wildman–Crippen MR) is 117 cm³/mol. The summed E-state index contributed by atoms with van der Waals surface area (Å²) in [6.07, 6.45) is 0.810. The first kappa shape index (κ1) is 21.3. The highest BCUT2D eigenvalue weighted by atomic mass is 32.2. The van der Waals surface area contributed by atoms with Gasteiger partial charge in [-0.15, -0.1) is 0 Å². The van der Waals surface area contributed by atoms with Crippen LogP contribution in [0, 0.1) is 17.2 Å². The summed E-state index contributed by atoms with van der Waals surface area (Å²) in [5.41, 5.74) is 2.66. The first-order valence-electron chi connectivity index (χ1n) is 10.3. The van der Waals surface area contributed by atoms with Crippen LogP contribution in [-0.2, 0) is 29.2 Å². The van der Waals surface area contributed by atoms with Crippen LogP contribution in [-0.4, -0.2) is 47.3 Å². The molecule has 1 saturated heterocycles. The summed E-state index contributed by atoms with van der Waals surface area (Å²) >= 11 is 0. The van der Waals surface area contributed by atoms with Crippen molar-refractivity contribution in [3.05, 3.63) is 59.9 Å². The van der Waals surface area contributed by atoms with Gasteiger partial charge in [0.05, 0.1) is 41.6 Å². The monoisotopic (exact) mass is 439 g/mol. The summed E-state index contributed by atoms with van der Waals surface area (Å²) in [4.78, 5) is 4.71. The number of ether oxygens (including phenoxy) is 1. The molecule has 4 rings (SSSR count). The molecule has 0 saturated carbocycles. The van der Waals surface area contributed by atoms with Crippen LogP contribution >= 0.6 is 0 Å². The number of fused-ring (bicyclic) bond motifs is 1. The molecular weight excluding hydrogens is 414 g/mol. The number of nitriles is 1. The summed E-state index contributed by atoms with van der Waals surface area (Å²) in [5.74, 6) is 1.92. The number of aliphatic hydroxyl groups excluding tert-OH is 1. The van der Waals surface area contributed by atoms with Crippen LogP contribution in [0.1, 0.15) is 17.8 Å². The molecule has 0 amide bonds. The SMILES string of the molecule is N#CCc1ccc(OCC(O)Cn2c(CC3CCS(=O)(=O)C3)nc3ccccc32)cc1. The highest BCUT2D eigenvalue weighted by Crippen LogP contribution is 2.25. The summed E-state index contributed by atoms with van der Waals surface area (Å²) < 4.78 is 31.4. The molecular formula is C23H25N3O4S. The predicted octanol–water partition coefficient (Wildman–Crippen LogP) is 2.52. The molecule has 8 heteroatoms. The quantitative estimate of drug-likeness (QED) is 0.578. The number of imidazole rings is 1. The molecule has 1 aromatic heterocycles. The van der Waals surface area contributed by atoms with E-state index in [0.717, 1.165) is 22.4 Å². The maximum atomic E-state index is 11.8. The average Bonchev–Trinajstić information content (AvgIpc) is 3.27. The molecule has 0 bridgehead atoms. The molecule has 31 heavy (non-hydrogen) atoms. The summed E-state index contributed by atoms with van der Waals surface area (Å²) in [6, 6.07) is 17.1. The minimum atomic E-state index is -2.95. The van der Waals surface area contributed by atoms with Crippen LogP contribution in [0.4, 0.5) is 0 Å². The first-order chi connectivity index (χ1) is 14.9. The van der Waals surface area contributed by atoms with Crippen molar-refractivity contribution in [1.29, 1.82) is 5.26 Å². The van der Waals surface area contributed by atoms with Gasteiger partial charge in [0.2, 0.25) is 0 Å². The Labute approximate surface area is 181 Å². The zero-order valence-corrected chi connectivity index (χ0v) is 18.0. The maximum absolute atomic E-state index is 11.8. The number of hydrogen-bond donors (Lipinski definition) is 1. The van der Waals surface area contributed by atoms with E-state index < -0.39 is 15.9 Å². The van der Waals surface area contributed by atoms with Crippen molar-refractivity contribution in [2.45, 2.75) is 31.9 Å². The molecule has 162 valence electrons. The van der Waals surface area contributed by atoms with Crippen LogP contribution in [0.3, 0.4) is 0 Å². The minimum Gasteiger partial charge on any atom is -0.491 e. The van der Waals surface area contributed by atoms with Crippen LogP contribution in [0.2, 0.25) is 0 Å². The lowest BCUT2D eigenvalue weighted by Gasteiger charge is -2.17. The summed E-state index contributed by atoms with van der Waals surface area (Å²) in [6.45, 7) is 0.420. The molecule has 2 atom stereocenters. The van der Waals surface area contributed by atoms with Crippen molar-refractivity contribution >= 4 is 20.9 Å². The van der Waals surface area contributed by atoms with Crippen LogP contribution in [0.25, 0.3) is 11.0 Å². The first-order valence-corrected chi connectivity index (χ1v) is 12.2. The van der Waals surface area contributed by atoms with Crippen molar-refractivity contribution in [3.8, 4) is 11.8 Å². The van der Waals surface area contributed by atoms with E-state index in [1.54, 1.807) is 12.1 Å². The van der Waals surface area contributed by atoms with Gasteiger partial charge in [-0.05, 0) is 42.2 Å². The summed E-state index contributed by atoms with van der Waals surface area (Å²) in [5, 5.41) is 19.4. The van der Waals surface area contributed by atoms with E-state index in [-0.39, 0.29) is 24.0 Å². The standard InChI is InChI=1S/C23H25N3O4S/c24-11-9-17-5-7-20(8-6-17)30-15-19(27)14-26-22-4-2-1-3-21(22)25-23(26)13-18-10-12-31(28,29)16-18/h1-8,18-19,27H,9-10,12-16H2. The highest BCUT2D eigenvalue weighted by Gasteiger charge is 2.29. The lowest BCUT2D eigenvalue weighted by atomic mass is 10.1.